The molecule has 1 saturated heterocycles. The van der Waals surface area contributed by atoms with Crippen molar-refractivity contribution in [3.8, 4) is 5.75 Å². The second kappa shape index (κ2) is 8.06. The number of ether oxygens (including phenoxy) is 1. The van der Waals surface area contributed by atoms with Crippen molar-refractivity contribution in [3.63, 3.8) is 0 Å². The largest absolute Gasteiger partial charge is 0.434 e. The highest BCUT2D eigenvalue weighted by Gasteiger charge is 2.22. The molecule has 3 nitrogen and oxygen atoms in total. The van der Waals surface area contributed by atoms with Crippen molar-refractivity contribution < 1.29 is 13.5 Å². The van der Waals surface area contributed by atoms with Crippen LogP contribution in [0.2, 0.25) is 0 Å². The molecule has 21 heavy (non-hydrogen) atoms. The van der Waals surface area contributed by atoms with E-state index < -0.39 is 6.61 Å². The molecule has 0 aliphatic carbocycles. The van der Waals surface area contributed by atoms with E-state index in [2.05, 4.69) is 37.8 Å². The molecule has 1 aliphatic rings. The molecule has 2 rings (SSSR count). The smallest absolute Gasteiger partial charge is 0.387 e. The van der Waals surface area contributed by atoms with E-state index in [1.807, 2.05) is 6.07 Å². The van der Waals surface area contributed by atoms with E-state index in [9.17, 15) is 8.78 Å². The van der Waals surface area contributed by atoms with Gasteiger partial charge in [-0.3, -0.25) is 4.90 Å². The van der Waals surface area contributed by atoms with Crippen LogP contribution in [0.1, 0.15) is 25.3 Å². The van der Waals surface area contributed by atoms with Crippen LogP contribution in [-0.2, 0) is 6.54 Å². The Hall–Kier alpha value is -0.720. The van der Waals surface area contributed by atoms with Crippen LogP contribution < -0.4 is 10.1 Å². The number of likely N-dealkylation sites (tertiary alicyclic amines) is 1. The number of likely N-dealkylation sites (N-methyl/N-ethyl adjacent to an activating group) is 1. The molecule has 0 amide bonds. The molecule has 1 aliphatic heterocycles. The lowest BCUT2D eigenvalue weighted by molar-refractivity contribution is -0.0505. The van der Waals surface area contributed by atoms with Crippen LogP contribution in [0.5, 0.6) is 5.75 Å². The summed E-state index contributed by atoms with van der Waals surface area (Å²) in [6, 6.07) is 5.64. The molecular formula is C15H21BrF2N2O. The zero-order chi connectivity index (χ0) is 15.2. The van der Waals surface area contributed by atoms with Gasteiger partial charge in [-0.25, -0.2) is 0 Å². The summed E-state index contributed by atoms with van der Waals surface area (Å²) in [6.07, 6.45) is 2.43. The average molecular weight is 363 g/mol. The number of nitrogens with zero attached hydrogens (tertiary/aromatic N) is 1. The number of rotatable bonds is 7. The Balaban J connectivity index is 1.91. The third-order valence-electron chi connectivity index (χ3n) is 3.84. The molecule has 1 aromatic carbocycles. The molecule has 1 N–H and O–H groups in total. The highest BCUT2D eigenvalue weighted by Crippen LogP contribution is 2.25. The van der Waals surface area contributed by atoms with Gasteiger partial charge in [0.2, 0.25) is 0 Å². The fourth-order valence-electron chi connectivity index (χ4n) is 2.81. The van der Waals surface area contributed by atoms with Gasteiger partial charge in [0.05, 0.1) is 0 Å². The van der Waals surface area contributed by atoms with Crippen molar-refractivity contribution in [2.75, 3.05) is 19.6 Å². The maximum absolute atomic E-state index is 12.4. The maximum Gasteiger partial charge on any atom is 0.387 e. The number of hydrogen-bond acceptors (Lipinski definition) is 3. The first-order chi connectivity index (χ1) is 10.1. The van der Waals surface area contributed by atoms with Crippen LogP contribution in [0.15, 0.2) is 22.7 Å². The first-order valence-corrected chi connectivity index (χ1v) is 8.07. The lowest BCUT2D eigenvalue weighted by Crippen LogP contribution is -2.37. The average Bonchev–Trinajstić information content (AvgIpc) is 2.89. The minimum Gasteiger partial charge on any atom is -0.434 e. The predicted molar refractivity (Wildman–Crippen MR) is 82.7 cm³/mol. The molecule has 1 fully saturated rings. The lowest BCUT2D eigenvalue weighted by Gasteiger charge is -2.23. The second-order valence-corrected chi connectivity index (χ2v) is 6.10. The zero-order valence-corrected chi connectivity index (χ0v) is 13.7. The molecule has 0 saturated carbocycles. The van der Waals surface area contributed by atoms with E-state index in [-0.39, 0.29) is 5.75 Å². The van der Waals surface area contributed by atoms with Gasteiger partial charge >= 0.3 is 6.61 Å². The Morgan fingerprint density at radius 3 is 3.00 bits per heavy atom. The summed E-state index contributed by atoms with van der Waals surface area (Å²) in [5.74, 6) is 0.236. The first-order valence-electron chi connectivity index (χ1n) is 7.28. The summed E-state index contributed by atoms with van der Waals surface area (Å²) < 4.78 is 30.2. The Bertz CT molecular complexity index is 459. The first kappa shape index (κ1) is 16.6. The number of halogens is 3. The minimum atomic E-state index is -2.80. The summed E-state index contributed by atoms with van der Waals surface area (Å²) in [5, 5.41) is 3.36. The second-order valence-electron chi connectivity index (χ2n) is 5.19. The molecule has 1 aromatic rings. The zero-order valence-electron chi connectivity index (χ0n) is 12.1. The monoisotopic (exact) mass is 362 g/mol. The molecule has 1 atom stereocenters. The van der Waals surface area contributed by atoms with Gasteiger partial charge in [0, 0.05) is 29.2 Å². The van der Waals surface area contributed by atoms with Gasteiger partial charge in [-0.05, 0) is 44.1 Å². The molecule has 1 heterocycles. The molecule has 0 bridgehead atoms. The molecular weight excluding hydrogens is 342 g/mol. The quantitative estimate of drug-likeness (QED) is 0.801. The van der Waals surface area contributed by atoms with Crippen molar-refractivity contribution in [1.29, 1.82) is 0 Å². The summed E-state index contributed by atoms with van der Waals surface area (Å²) >= 11 is 3.36. The summed E-state index contributed by atoms with van der Waals surface area (Å²) in [6.45, 7) is 2.98. The Labute approximate surface area is 132 Å². The van der Waals surface area contributed by atoms with E-state index in [4.69, 9.17) is 0 Å². The number of hydrogen-bond donors (Lipinski definition) is 1. The summed E-state index contributed by atoms with van der Waals surface area (Å²) in [5.41, 5.74) is 0.741. The number of benzene rings is 1. The van der Waals surface area contributed by atoms with Crippen LogP contribution in [0, 0.1) is 0 Å². The topological polar surface area (TPSA) is 24.5 Å². The van der Waals surface area contributed by atoms with Gasteiger partial charge < -0.3 is 10.1 Å². The SMILES string of the molecule is CCN1CCCC1CNCc1cc(Br)ccc1OC(F)F. The highest BCUT2D eigenvalue weighted by molar-refractivity contribution is 9.10. The highest BCUT2D eigenvalue weighted by atomic mass is 79.9. The van der Waals surface area contributed by atoms with Crippen LogP contribution >= 0.6 is 15.9 Å². The molecule has 1 unspecified atom stereocenters. The van der Waals surface area contributed by atoms with E-state index in [0.717, 1.165) is 29.7 Å². The van der Waals surface area contributed by atoms with Crippen molar-refractivity contribution in [2.24, 2.45) is 0 Å². The van der Waals surface area contributed by atoms with Crippen LogP contribution in [0.3, 0.4) is 0 Å². The van der Waals surface area contributed by atoms with Crippen molar-refractivity contribution in [1.82, 2.24) is 10.2 Å². The molecule has 0 spiro atoms. The fraction of sp³-hybridized carbons (Fsp3) is 0.600. The molecule has 118 valence electrons. The predicted octanol–water partition coefficient (Wildman–Crippen LogP) is 3.62. The van der Waals surface area contributed by atoms with Crippen LogP contribution in [-0.4, -0.2) is 37.2 Å². The van der Waals surface area contributed by atoms with Gasteiger partial charge in [-0.2, -0.15) is 8.78 Å². The Morgan fingerprint density at radius 1 is 1.48 bits per heavy atom. The molecule has 6 heteroatoms. The van der Waals surface area contributed by atoms with E-state index in [0.29, 0.717) is 12.6 Å². The van der Waals surface area contributed by atoms with E-state index in [1.54, 1.807) is 12.1 Å². The minimum absolute atomic E-state index is 0.236. The van der Waals surface area contributed by atoms with Crippen LogP contribution in [0.4, 0.5) is 8.78 Å². The summed E-state index contributed by atoms with van der Waals surface area (Å²) in [4.78, 5) is 2.45. The summed E-state index contributed by atoms with van der Waals surface area (Å²) in [7, 11) is 0. The lowest BCUT2D eigenvalue weighted by atomic mass is 10.2. The van der Waals surface area contributed by atoms with Crippen LogP contribution in [0.25, 0.3) is 0 Å². The normalized spacial score (nSPS) is 19.4. The maximum atomic E-state index is 12.4. The third-order valence-corrected chi connectivity index (χ3v) is 4.33. The van der Waals surface area contributed by atoms with Gasteiger partial charge in [0.25, 0.3) is 0 Å². The van der Waals surface area contributed by atoms with Gasteiger partial charge in [0.15, 0.2) is 0 Å². The van der Waals surface area contributed by atoms with Crippen molar-refractivity contribution >= 4 is 15.9 Å². The standard InChI is InChI=1S/C15H21BrF2N2O/c1-2-20-7-3-4-13(20)10-19-9-11-8-12(16)5-6-14(11)21-15(17)18/h5-6,8,13,15,19H,2-4,7,9-10H2,1H3. The Kier molecular flexibility index (Phi) is 6.39. The number of nitrogens with one attached hydrogen (secondary N) is 1. The Morgan fingerprint density at radius 2 is 2.29 bits per heavy atom. The fourth-order valence-corrected chi connectivity index (χ4v) is 3.22. The van der Waals surface area contributed by atoms with E-state index >= 15 is 0 Å². The van der Waals surface area contributed by atoms with E-state index in [1.165, 1.54) is 12.8 Å². The van der Waals surface area contributed by atoms with Gasteiger partial charge in [-0.15, -0.1) is 0 Å². The van der Waals surface area contributed by atoms with Gasteiger partial charge in [0.1, 0.15) is 5.75 Å². The van der Waals surface area contributed by atoms with Crippen molar-refractivity contribution in [3.05, 3.63) is 28.2 Å². The number of alkyl halides is 2. The molecule has 0 aromatic heterocycles. The van der Waals surface area contributed by atoms with Crippen molar-refractivity contribution in [2.45, 2.75) is 39.0 Å². The molecule has 0 radical (unpaired) electrons. The third kappa shape index (κ3) is 4.90. The van der Waals surface area contributed by atoms with Gasteiger partial charge in [-0.1, -0.05) is 22.9 Å².